The number of fused-ring (bicyclic) bond motifs is 1. The molecule has 1 heterocycles. The lowest BCUT2D eigenvalue weighted by Crippen LogP contribution is -2.43. The quantitative estimate of drug-likeness (QED) is 0.772. The minimum Gasteiger partial charge on any atom is -0.484 e. The van der Waals surface area contributed by atoms with E-state index >= 15 is 0 Å². The van der Waals surface area contributed by atoms with Gasteiger partial charge in [0.05, 0.1) is 11.0 Å². The van der Waals surface area contributed by atoms with E-state index in [4.69, 9.17) is 4.74 Å². The number of nitrogens with zero attached hydrogens (tertiary/aromatic N) is 1. The zero-order valence-corrected chi connectivity index (χ0v) is 14.1. The lowest BCUT2D eigenvalue weighted by Gasteiger charge is -2.20. The van der Waals surface area contributed by atoms with Crippen molar-refractivity contribution in [1.82, 2.24) is 15.3 Å². The third-order valence-corrected chi connectivity index (χ3v) is 3.40. The lowest BCUT2D eigenvalue weighted by atomic mass is 10.1. The summed E-state index contributed by atoms with van der Waals surface area (Å²) in [5, 5.41) is 2.86. The number of para-hydroxylation sites is 2. The molecule has 0 saturated carbocycles. The fourth-order valence-corrected chi connectivity index (χ4v) is 2.40. The molecule has 2 aromatic carbocycles. The van der Waals surface area contributed by atoms with Gasteiger partial charge in [-0.2, -0.15) is 0 Å². The number of amides is 1. The first kappa shape index (κ1) is 16.1. The van der Waals surface area contributed by atoms with Crippen molar-refractivity contribution in [2.45, 2.75) is 26.3 Å². The number of ether oxygens (including phenoxy) is 1. The number of H-pyrrole nitrogens is 1. The van der Waals surface area contributed by atoms with E-state index in [1.807, 2.05) is 69.3 Å². The Balaban J connectivity index is 1.66. The Morgan fingerprint density at radius 1 is 1.12 bits per heavy atom. The highest BCUT2D eigenvalue weighted by atomic mass is 16.5. The van der Waals surface area contributed by atoms with Crippen LogP contribution in [0.25, 0.3) is 22.4 Å². The number of aromatic nitrogens is 2. The molecule has 5 nitrogen and oxygen atoms in total. The standard InChI is InChI=1S/C19H21N3O2/c1-19(2,3)22-17(23)12-24-14-10-8-13(9-11-14)18-20-15-6-4-5-7-16(15)21-18/h4-11H,12H2,1-3H3,(H,20,21)(H,22,23). The van der Waals surface area contributed by atoms with Crippen LogP contribution in [0.1, 0.15) is 20.8 Å². The summed E-state index contributed by atoms with van der Waals surface area (Å²) in [5.41, 5.74) is 2.65. The number of hydrogen-bond donors (Lipinski definition) is 2. The molecule has 2 N–H and O–H groups in total. The van der Waals surface area contributed by atoms with Crippen molar-refractivity contribution in [3.63, 3.8) is 0 Å². The Morgan fingerprint density at radius 2 is 1.83 bits per heavy atom. The Kier molecular flexibility index (Phi) is 4.25. The van der Waals surface area contributed by atoms with Crippen LogP contribution in [-0.2, 0) is 4.79 Å². The van der Waals surface area contributed by atoms with Crippen LogP contribution in [0.15, 0.2) is 48.5 Å². The predicted octanol–water partition coefficient (Wildman–Crippen LogP) is 3.52. The molecule has 0 saturated heterocycles. The molecule has 3 aromatic rings. The van der Waals surface area contributed by atoms with Crippen LogP contribution < -0.4 is 10.1 Å². The first-order valence-electron chi connectivity index (χ1n) is 7.90. The number of benzene rings is 2. The van der Waals surface area contributed by atoms with Gasteiger partial charge >= 0.3 is 0 Å². The molecule has 24 heavy (non-hydrogen) atoms. The van der Waals surface area contributed by atoms with Gasteiger partial charge in [-0.1, -0.05) is 12.1 Å². The Bertz CT molecular complexity index is 812. The summed E-state index contributed by atoms with van der Waals surface area (Å²) >= 11 is 0. The molecule has 5 heteroatoms. The van der Waals surface area contributed by atoms with Crippen molar-refractivity contribution < 1.29 is 9.53 Å². The van der Waals surface area contributed by atoms with E-state index in [0.717, 1.165) is 22.4 Å². The van der Waals surface area contributed by atoms with Crippen molar-refractivity contribution >= 4 is 16.9 Å². The van der Waals surface area contributed by atoms with Gasteiger partial charge in [0, 0.05) is 11.1 Å². The number of nitrogens with one attached hydrogen (secondary N) is 2. The van der Waals surface area contributed by atoms with Gasteiger partial charge in [-0.05, 0) is 57.2 Å². The Labute approximate surface area is 141 Å². The van der Waals surface area contributed by atoms with Gasteiger partial charge in [0.2, 0.25) is 0 Å². The van der Waals surface area contributed by atoms with Gasteiger partial charge in [-0.15, -0.1) is 0 Å². The van der Waals surface area contributed by atoms with Gasteiger partial charge in [0.25, 0.3) is 5.91 Å². The highest BCUT2D eigenvalue weighted by molar-refractivity contribution is 5.79. The van der Waals surface area contributed by atoms with Crippen molar-refractivity contribution in [1.29, 1.82) is 0 Å². The first-order chi connectivity index (χ1) is 11.4. The SMILES string of the molecule is CC(C)(C)NC(=O)COc1ccc(-c2nc3ccccc3[nH]2)cc1. The molecular weight excluding hydrogens is 302 g/mol. The molecular formula is C19H21N3O2. The van der Waals surface area contributed by atoms with Crippen molar-refractivity contribution in [2.75, 3.05) is 6.61 Å². The second kappa shape index (κ2) is 6.35. The summed E-state index contributed by atoms with van der Waals surface area (Å²) in [6.45, 7) is 5.81. The Hall–Kier alpha value is -2.82. The average molecular weight is 323 g/mol. The summed E-state index contributed by atoms with van der Waals surface area (Å²) in [6, 6.07) is 15.4. The number of rotatable bonds is 4. The molecule has 0 aliphatic rings. The third kappa shape index (κ3) is 3.93. The van der Waals surface area contributed by atoms with E-state index in [-0.39, 0.29) is 18.1 Å². The summed E-state index contributed by atoms with van der Waals surface area (Å²) in [5.74, 6) is 1.33. The van der Waals surface area contributed by atoms with Gasteiger partial charge in [-0.25, -0.2) is 4.98 Å². The number of aromatic amines is 1. The van der Waals surface area contributed by atoms with Crippen LogP contribution in [-0.4, -0.2) is 28.0 Å². The van der Waals surface area contributed by atoms with E-state index in [0.29, 0.717) is 5.75 Å². The molecule has 0 bridgehead atoms. The minimum absolute atomic E-state index is 0.00124. The van der Waals surface area contributed by atoms with Crippen LogP contribution in [0.4, 0.5) is 0 Å². The molecule has 0 atom stereocenters. The van der Waals surface area contributed by atoms with Crippen LogP contribution in [0.2, 0.25) is 0 Å². The zero-order chi connectivity index (χ0) is 17.2. The molecule has 0 unspecified atom stereocenters. The topological polar surface area (TPSA) is 67.0 Å². The fraction of sp³-hybridized carbons (Fsp3) is 0.263. The van der Waals surface area contributed by atoms with Gasteiger partial charge in [0.15, 0.2) is 6.61 Å². The molecule has 1 amide bonds. The lowest BCUT2D eigenvalue weighted by molar-refractivity contribution is -0.124. The molecule has 124 valence electrons. The van der Waals surface area contributed by atoms with Crippen molar-refractivity contribution in [3.8, 4) is 17.1 Å². The number of carbonyl (C=O) groups is 1. The highest BCUT2D eigenvalue weighted by Gasteiger charge is 2.14. The first-order valence-corrected chi connectivity index (χ1v) is 7.90. The van der Waals surface area contributed by atoms with Crippen molar-refractivity contribution in [2.24, 2.45) is 0 Å². The molecule has 1 aromatic heterocycles. The van der Waals surface area contributed by atoms with E-state index < -0.39 is 0 Å². The smallest absolute Gasteiger partial charge is 0.258 e. The molecule has 3 rings (SSSR count). The van der Waals surface area contributed by atoms with Crippen LogP contribution >= 0.6 is 0 Å². The third-order valence-electron chi connectivity index (χ3n) is 3.40. The minimum atomic E-state index is -0.258. The normalized spacial score (nSPS) is 11.5. The second-order valence-corrected chi connectivity index (χ2v) is 6.71. The summed E-state index contributed by atoms with van der Waals surface area (Å²) in [4.78, 5) is 19.6. The summed E-state index contributed by atoms with van der Waals surface area (Å²) in [6.07, 6.45) is 0. The number of hydrogen-bond acceptors (Lipinski definition) is 3. The number of carbonyl (C=O) groups excluding carboxylic acids is 1. The predicted molar refractivity (Wildman–Crippen MR) is 94.9 cm³/mol. The van der Waals surface area contributed by atoms with Crippen LogP contribution in [0.5, 0.6) is 5.75 Å². The van der Waals surface area contributed by atoms with Gasteiger partial charge in [-0.3, -0.25) is 4.79 Å². The zero-order valence-electron chi connectivity index (χ0n) is 14.1. The maximum absolute atomic E-state index is 11.8. The fourth-order valence-electron chi connectivity index (χ4n) is 2.40. The molecule has 0 fully saturated rings. The molecule has 0 spiro atoms. The maximum Gasteiger partial charge on any atom is 0.258 e. The van der Waals surface area contributed by atoms with E-state index in [9.17, 15) is 4.79 Å². The highest BCUT2D eigenvalue weighted by Crippen LogP contribution is 2.22. The van der Waals surface area contributed by atoms with Crippen LogP contribution in [0, 0.1) is 0 Å². The van der Waals surface area contributed by atoms with Gasteiger partial charge < -0.3 is 15.0 Å². The Morgan fingerprint density at radius 3 is 2.50 bits per heavy atom. The number of imidazole rings is 1. The maximum atomic E-state index is 11.8. The molecule has 0 aliphatic heterocycles. The van der Waals surface area contributed by atoms with Crippen LogP contribution in [0.3, 0.4) is 0 Å². The van der Waals surface area contributed by atoms with E-state index in [1.165, 1.54) is 0 Å². The molecule has 0 radical (unpaired) electrons. The average Bonchev–Trinajstić information content (AvgIpc) is 2.96. The largest absolute Gasteiger partial charge is 0.484 e. The van der Waals surface area contributed by atoms with E-state index in [1.54, 1.807) is 0 Å². The van der Waals surface area contributed by atoms with Crippen molar-refractivity contribution in [3.05, 3.63) is 48.5 Å². The van der Waals surface area contributed by atoms with E-state index in [2.05, 4.69) is 15.3 Å². The monoisotopic (exact) mass is 323 g/mol. The molecule has 0 aliphatic carbocycles. The van der Waals surface area contributed by atoms with Gasteiger partial charge in [0.1, 0.15) is 11.6 Å². The second-order valence-electron chi connectivity index (χ2n) is 6.71. The summed E-state index contributed by atoms with van der Waals surface area (Å²) < 4.78 is 5.52. The summed E-state index contributed by atoms with van der Waals surface area (Å²) in [7, 11) is 0.